The molecule has 2 fully saturated rings. The fraction of sp³-hybridized carbons (Fsp3) is 1.00. The highest BCUT2D eigenvalue weighted by atomic mass is 14.5. The van der Waals surface area contributed by atoms with Crippen LogP contribution in [-0.2, 0) is 0 Å². The molecule has 0 aromatic heterocycles. The van der Waals surface area contributed by atoms with Crippen molar-refractivity contribution in [3.05, 3.63) is 0 Å². The molecule has 0 unspecified atom stereocenters. The minimum absolute atomic E-state index is 0.634. The van der Waals surface area contributed by atoms with Gasteiger partial charge in [-0.05, 0) is 61.2 Å². The van der Waals surface area contributed by atoms with Crippen molar-refractivity contribution in [2.24, 2.45) is 22.7 Å². The first kappa shape index (κ1) is 10.5. The van der Waals surface area contributed by atoms with E-state index in [0.717, 1.165) is 11.8 Å². The number of hydrogen-bond donors (Lipinski definition) is 0. The number of fused-ring (bicyclic) bond motifs is 1. The maximum atomic E-state index is 2.46. The van der Waals surface area contributed by atoms with Gasteiger partial charge in [0, 0.05) is 0 Å². The van der Waals surface area contributed by atoms with Crippen molar-refractivity contribution in [1.82, 2.24) is 0 Å². The van der Waals surface area contributed by atoms with Gasteiger partial charge in [0.15, 0.2) is 0 Å². The van der Waals surface area contributed by atoms with Gasteiger partial charge in [-0.3, -0.25) is 0 Å². The summed E-state index contributed by atoms with van der Waals surface area (Å²) < 4.78 is 0. The normalized spacial score (nSPS) is 40.3. The second-order valence-electron chi connectivity index (χ2n) is 7.33. The second-order valence-corrected chi connectivity index (χ2v) is 7.33. The topological polar surface area (TPSA) is 0 Å². The summed E-state index contributed by atoms with van der Waals surface area (Å²) in [5.41, 5.74) is 1.27. The maximum absolute atomic E-state index is 2.46. The number of hydrogen-bond acceptors (Lipinski definition) is 0. The Morgan fingerprint density at radius 3 is 1.57 bits per heavy atom. The van der Waals surface area contributed by atoms with Crippen LogP contribution in [0.4, 0.5) is 0 Å². The van der Waals surface area contributed by atoms with E-state index in [-0.39, 0.29) is 0 Å². The molecule has 14 heavy (non-hydrogen) atoms. The van der Waals surface area contributed by atoms with Crippen LogP contribution in [0.2, 0.25) is 0 Å². The van der Waals surface area contributed by atoms with Crippen molar-refractivity contribution in [3.63, 3.8) is 0 Å². The molecule has 2 rings (SSSR count). The van der Waals surface area contributed by atoms with Crippen molar-refractivity contribution in [1.29, 1.82) is 0 Å². The number of rotatable bonds is 0. The first-order valence-electron chi connectivity index (χ1n) is 6.38. The van der Waals surface area contributed by atoms with Gasteiger partial charge in [0.2, 0.25) is 0 Å². The molecular weight excluding hydrogens is 168 g/mol. The molecule has 0 heteroatoms. The molecule has 2 aliphatic carbocycles. The highest BCUT2D eigenvalue weighted by Gasteiger charge is 2.40. The lowest BCUT2D eigenvalue weighted by Crippen LogP contribution is -2.37. The minimum atomic E-state index is 0.634. The molecule has 0 amide bonds. The fourth-order valence-corrected chi connectivity index (χ4v) is 3.80. The Labute approximate surface area is 89.5 Å². The van der Waals surface area contributed by atoms with Crippen LogP contribution in [-0.4, -0.2) is 0 Å². The molecule has 0 spiro atoms. The van der Waals surface area contributed by atoms with Gasteiger partial charge >= 0.3 is 0 Å². The summed E-state index contributed by atoms with van der Waals surface area (Å²) in [6.45, 7) is 9.85. The zero-order chi connectivity index (χ0) is 10.4. The van der Waals surface area contributed by atoms with Crippen LogP contribution in [0.1, 0.15) is 66.2 Å². The van der Waals surface area contributed by atoms with Crippen LogP contribution in [0, 0.1) is 22.7 Å². The predicted molar refractivity (Wildman–Crippen MR) is 62.2 cm³/mol. The second kappa shape index (κ2) is 3.25. The Bertz CT molecular complexity index is 190. The van der Waals surface area contributed by atoms with Gasteiger partial charge in [-0.25, -0.2) is 0 Å². The van der Waals surface area contributed by atoms with E-state index in [1.165, 1.54) is 38.5 Å². The summed E-state index contributed by atoms with van der Waals surface area (Å²) in [4.78, 5) is 0. The van der Waals surface area contributed by atoms with Crippen molar-refractivity contribution in [3.8, 4) is 0 Å². The standard InChI is InChI=1S/C14H26/c1-13(2)7-5-11-6-8-14(3,4)10-12(11)9-13/h11-12H,5-10H2,1-4H3. The fourth-order valence-electron chi connectivity index (χ4n) is 3.80. The quantitative estimate of drug-likeness (QED) is 0.527. The van der Waals surface area contributed by atoms with Gasteiger partial charge < -0.3 is 0 Å². The lowest BCUT2D eigenvalue weighted by Gasteiger charge is -2.48. The Kier molecular flexibility index (Phi) is 2.44. The molecule has 0 atom stereocenters. The molecule has 0 aromatic carbocycles. The van der Waals surface area contributed by atoms with Gasteiger partial charge in [0.1, 0.15) is 0 Å². The lowest BCUT2D eigenvalue weighted by molar-refractivity contribution is 0.0322. The SMILES string of the molecule is CC1(C)CCC2CCC(C)(C)CC2C1. The van der Waals surface area contributed by atoms with Gasteiger partial charge in [-0.1, -0.05) is 27.7 Å². The van der Waals surface area contributed by atoms with E-state index in [2.05, 4.69) is 27.7 Å². The van der Waals surface area contributed by atoms with Crippen LogP contribution in [0.5, 0.6) is 0 Å². The summed E-state index contributed by atoms with van der Waals surface area (Å²) in [5, 5.41) is 0. The molecule has 2 saturated carbocycles. The molecule has 0 saturated heterocycles. The third-order valence-electron chi connectivity index (χ3n) is 4.68. The molecular formula is C14H26. The molecule has 2 aliphatic rings. The van der Waals surface area contributed by atoms with Crippen LogP contribution >= 0.6 is 0 Å². The van der Waals surface area contributed by atoms with Crippen molar-refractivity contribution >= 4 is 0 Å². The van der Waals surface area contributed by atoms with E-state index in [9.17, 15) is 0 Å². The average molecular weight is 194 g/mol. The Balaban J connectivity index is 2.04. The molecule has 0 aromatic rings. The van der Waals surface area contributed by atoms with E-state index < -0.39 is 0 Å². The van der Waals surface area contributed by atoms with E-state index >= 15 is 0 Å². The molecule has 0 radical (unpaired) electrons. The first-order chi connectivity index (χ1) is 6.38. The highest BCUT2D eigenvalue weighted by molar-refractivity contribution is 4.91. The Morgan fingerprint density at radius 2 is 1.14 bits per heavy atom. The Hall–Kier alpha value is 0. The zero-order valence-corrected chi connectivity index (χ0v) is 10.4. The third-order valence-corrected chi connectivity index (χ3v) is 4.68. The summed E-state index contributed by atoms with van der Waals surface area (Å²) in [6.07, 6.45) is 8.92. The summed E-state index contributed by atoms with van der Waals surface area (Å²) in [7, 11) is 0. The van der Waals surface area contributed by atoms with Crippen molar-refractivity contribution < 1.29 is 0 Å². The van der Waals surface area contributed by atoms with Crippen LogP contribution in [0.25, 0.3) is 0 Å². The molecule has 0 heterocycles. The Morgan fingerprint density at radius 1 is 0.714 bits per heavy atom. The average Bonchev–Trinajstić information content (AvgIpc) is 1.99. The van der Waals surface area contributed by atoms with E-state index in [1.54, 1.807) is 0 Å². The molecule has 0 bridgehead atoms. The lowest BCUT2D eigenvalue weighted by atomic mass is 9.58. The largest absolute Gasteiger partial charge is 0.0599 e. The molecule has 0 N–H and O–H groups in total. The van der Waals surface area contributed by atoms with Crippen LogP contribution in [0.3, 0.4) is 0 Å². The summed E-state index contributed by atoms with van der Waals surface area (Å²) >= 11 is 0. The smallest absolute Gasteiger partial charge is 0.0351 e. The van der Waals surface area contributed by atoms with Crippen LogP contribution in [0.15, 0.2) is 0 Å². The van der Waals surface area contributed by atoms with Gasteiger partial charge in [0.25, 0.3) is 0 Å². The minimum Gasteiger partial charge on any atom is -0.0599 e. The van der Waals surface area contributed by atoms with Crippen molar-refractivity contribution in [2.75, 3.05) is 0 Å². The summed E-state index contributed by atoms with van der Waals surface area (Å²) in [6, 6.07) is 0. The predicted octanol–water partition coefficient (Wildman–Crippen LogP) is 4.64. The maximum Gasteiger partial charge on any atom is -0.0351 e. The van der Waals surface area contributed by atoms with Crippen LogP contribution < -0.4 is 0 Å². The monoisotopic (exact) mass is 194 g/mol. The molecule has 0 aliphatic heterocycles. The van der Waals surface area contributed by atoms with E-state index in [0.29, 0.717) is 10.8 Å². The molecule has 0 nitrogen and oxygen atoms in total. The van der Waals surface area contributed by atoms with Gasteiger partial charge in [0.05, 0.1) is 0 Å². The van der Waals surface area contributed by atoms with Crippen molar-refractivity contribution in [2.45, 2.75) is 66.2 Å². The summed E-state index contributed by atoms with van der Waals surface area (Å²) in [5.74, 6) is 2.12. The van der Waals surface area contributed by atoms with Gasteiger partial charge in [-0.2, -0.15) is 0 Å². The highest BCUT2D eigenvalue weighted by Crippen LogP contribution is 2.52. The van der Waals surface area contributed by atoms with Gasteiger partial charge in [-0.15, -0.1) is 0 Å². The van der Waals surface area contributed by atoms with E-state index in [4.69, 9.17) is 0 Å². The molecule has 82 valence electrons. The van der Waals surface area contributed by atoms with E-state index in [1.807, 2.05) is 0 Å². The first-order valence-corrected chi connectivity index (χ1v) is 6.38. The third kappa shape index (κ3) is 2.15. The zero-order valence-electron chi connectivity index (χ0n) is 10.4.